The zero-order chi connectivity index (χ0) is 17.0. The monoisotopic (exact) mass is 335 g/mol. The molecule has 0 radical (unpaired) electrons. The molecule has 0 saturated carbocycles. The lowest BCUT2D eigenvalue weighted by Gasteiger charge is -2.13. The van der Waals surface area contributed by atoms with Gasteiger partial charge in [-0.15, -0.1) is 0 Å². The first kappa shape index (κ1) is 16.7. The Balaban J connectivity index is 1.66. The summed E-state index contributed by atoms with van der Waals surface area (Å²) in [5.41, 5.74) is 3.83. The van der Waals surface area contributed by atoms with E-state index in [2.05, 4.69) is 75.0 Å². The summed E-state index contributed by atoms with van der Waals surface area (Å²) in [6.07, 6.45) is 0.940. The summed E-state index contributed by atoms with van der Waals surface area (Å²) < 4.78 is 5.91. The van der Waals surface area contributed by atoms with Crippen molar-refractivity contribution in [2.75, 3.05) is 0 Å². The molecule has 0 fully saturated rings. The molecule has 0 N–H and O–H groups in total. The highest BCUT2D eigenvalue weighted by Crippen LogP contribution is 2.26. The molecule has 3 aromatic rings. The molecule has 0 unspecified atom stereocenters. The van der Waals surface area contributed by atoms with E-state index in [4.69, 9.17) is 4.74 Å². The number of ether oxygens (including phenoxy) is 1. The Morgan fingerprint density at radius 1 is 0.708 bits per heavy atom. The van der Waals surface area contributed by atoms with Gasteiger partial charge in [-0.3, -0.25) is 0 Å². The predicted molar refractivity (Wildman–Crippen MR) is 105 cm³/mol. The van der Waals surface area contributed by atoms with Gasteiger partial charge in [0, 0.05) is 5.56 Å². The lowest BCUT2D eigenvalue weighted by molar-refractivity contribution is 0.482. The molecule has 0 aliphatic heterocycles. The fraction of sp³-hybridized carbons (Fsp3) is 0.182. The Morgan fingerprint density at radius 3 is 1.75 bits per heavy atom. The summed E-state index contributed by atoms with van der Waals surface area (Å²) in [4.78, 5) is 0. The molecule has 3 aromatic carbocycles. The lowest BCUT2D eigenvalue weighted by atomic mass is 10.0. The molecule has 0 saturated heterocycles. The maximum absolute atomic E-state index is 5.94. The summed E-state index contributed by atoms with van der Waals surface area (Å²) in [7, 11) is 0. The van der Waals surface area contributed by atoms with Gasteiger partial charge in [0.15, 0.2) is 0 Å². The average Bonchev–Trinajstić information content (AvgIpc) is 2.57. The molecular formula is C22H23OS+. The second-order valence-corrected chi connectivity index (χ2v) is 7.81. The molecule has 0 spiro atoms. The molecule has 0 heterocycles. The van der Waals surface area contributed by atoms with Crippen LogP contribution in [0.25, 0.3) is 0 Å². The van der Waals surface area contributed by atoms with E-state index in [0.717, 1.165) is 17.9 Å². The molecule has 2 heteroatoms. The first-order chi connectivity index (χ1) is 11.5. The van der Waals surface area contributed by atoms with Crippen molar-refractivity contribution >= 4 is 12.6 Å². The third-order valence-corrected chi connectivity index (χ3v) is 4.27. The van der Waals surface area contributed by atoms with Gasteiger partial charge in [-0.1, -0.05) is 54.6 Å². The number of hydrogen-bond donors (Lipinski definition) is 0. The normalized spacial score (nSPS) is 11.3. The third kappa shape index (κ3) is 4.42. The van der Waals surface area contributed by atoms with E-state index in [1.807, 2.05) is 30.3 Å². The van der Waals surface area contributed by atoms with Gasteiger partial charge < -0.3 is 4.74 Å². The van der Waals surface area contributed by atoms with E-state index in [9.17, 15) is 0 Å². The van der Waals surface area contributed by atoms with Crippen LogP contribution >= 0.6 is 0 Å². The van der Waals surface area contributed by atoms with Gasteiger partial charge in [-0.05, 0) is 68.3 Å². The van der Waals surface area contributed by atoms with Crippen molar-refractivity contribution in [2.24, 2.45) is 0 Å². The van der Waals surface area contributed by atoms with Crippen LogP contribution in [0, 0.1) is 0 Å². The smallest absolute Gasteiger partial charge is 0.143 e. The van der Waals surface area contributed by atoms with Gasteiger partial charge in [-0.2, -0.15) is 0 Å². The van der Waals surface area contributed by atoms with Crippen molar-refractivity contribution in [2.45, 2.75) is 25.0 Å². The van der Waals surface area contributed by atoms with Crippen LogP contribution in [0.15, 0.2) is 78.9 Å². The number of rotatable bonds is 5. The molecule has 0 atom stereocenters. The molecule has 24 heavy (non-hydrogen) atoms. The Kier molecular flexibility index (Phi) is 4.96. The third-order valence-electron chi connectivity index (χ3n) is 3.99. The maximum Gasteiger partial charge on any atom is 0.143 e. The Morgan fingerprint density at radius 2 is 1.21 bits per heavy atom. The Hall–Kier alpha value is -2.19. The molecule has 122 valence electrons. The van der Waals surface area contributed by atoms with Gasteiger partial charge in [0.2, 0.25) is 0 Å². The van der Waals surface area contributed by atoms with Crippen molar-refractivity contribution in [1.82, 2.24) is 0 Å². The van der Waals surface area contributed by atoms with Gasteiger partial charge in [0.05, 0.1) is 0 Å². The van der Waals surface area contributed by atoms with Crippen LogP contribution in [0.4, 0.5) is 0 Å². The van der Waals surface area contributed by atoms with E-state index >= 15 is 0 Å². The summed E-state index contributed by atoms with van der Waals surface area (Å²) in [5, 5.41) is 0. The van der Waals surface area contributed by atoms with Crippen LogP contribution in [-0.2, 0) is 23.8 Å². The van der Waals surface area contributed by atoms with E-state index in [1.54, 1.807) is 0 Å². The van der Waals surface area contributed by atoms with E-state index < -0.39 is 0 Å². The lowest BCUT2D eigenvalue weighted by Crippen LogP contribution is -2.11. The van der Waals surface area contributed by atoms with Crippen LogP contribution in [0.2, 0.25) is 0 Å². The second kappa shape index (κ2) is 7.14. The minimum atomic E-state index is -0.0301. The van der Waals surface area contributed by atoms with Crippen molar-refractivity contribution in [3.05, 3.63) is 95.6 Å². The van der Waals surface area contributed by atoms with Crippen LogP contribution < -0.4 is 4.74 Å². The van der Waals surface area contributed by atoms with Crippen LogP contribution in [0.1, 0.15) is 30.5 Å². The molecule has 1 nitrogen and oxygen atoms in total. The summed E-state index contributed by atoms with van der Waals surface area (Å²) in [5.74, 6) is 1.71. The molecular weight excluding hydrogens is 312 g/mol. The van der Waals surface area contributed by atoms with Crippen LogP contribution in [0.5, 0.6) is 11.5 Å². The molecule has 0 bridgehead atoms. The fourth-order valence-corrected chi connectivity index (χ4v) is 2.75. The topological polar surface area (TPSA) is 9.23 Å². The highest BCUT2D eigenvalue weighted by atomic mass is 32.1. The Labute approximate surface area is 149 Å². The SMILES string of the molecule is CC(C)([SH2+])c1ccc(Oc2ccc(Cc3ccccc3)cc2)cc1. The molecule has 0 amide bonds. The van der Waals surface area contributed by atoms with Crippen LogP contribution in [0.3, 0.4) is 0 Å². The van der Waals surface area contributed by atoms with Crippen molar-refractivity contribution < 1.29 is 4.74 Å². The quantitative estimate of drug-likeness (QED) is 0.574. The fourth-order valence-electron chi connectivity index (χ4n) is 2.58. The Bertz CT molecular complexity index is 769. The predicted octanol–water partition coefficient (Wildman–Crippen LogP) is 5.32. The van der Waals surface area contributed by atoms with Gasteiger partial charge in [-0.25, -0.2) is 0 Å². The van der Waals surface area contributed by atoms with E-state index in [0.29, 0.717) is 0 Å². The summed E-state index contributed by atoms with van der Waals surface area (Å²) in [6.45, 7) is 4.26. The zero-order valence-electron chi connectivity index (χ0n) is 14.1. The minimum absolute atomic E-state index is 0.0301. The standard InChI is InChI=1S/C22H22OS/c1-22(2,24)19-10-14-21(15-11-19)23-20-12-8-18(9-13-20)16-17-6-4-3-5-7-17/h3-15,24H,16H2,1-2H3/p+1. The van der Waals surface area contributed by atoms with Gasteiger partial charge in [0.1, 0.15) is 16.2 Å². The first-order valence-corrected chi connectivity index (χ1v) is 8.67. The summed E-state index contributed by atoms with van der Waals surface area (Å²) in [6, 6.07) is 27.0. The maximum atomic E-state index is 5.94. The van der Waals surface area contributed by atoms with E-state index in [-0.39, 0.29) is 4.75 Å². The molecule has 0 aliphatic rings. The molecule has 3 rings (SSSR count). The average molecular weight is 335 g/mol. The number of hydrogen-bond acceptors (Lipinski definition) is 1. The summed E-state index contributed by atoms with van der Waals surface area (Å²) >= 11 is 3.73. The van der Waals surface area contributed by atoms with Crippen molar-refractivity contribution in [1.29, 1.82) is 0 Å². The zero-order valence-corrected chi connectivity index (χ0v) is 15.1. The van der Waals surface area contributed by atoms with Crippen molar-refractivity contribution in [3.8, 4) is 11.5 Å². The molecule has 0 aliphatic carbocycles. The second-order valence-electron chi connectivity index (χ2n) is 6.56. The highest BCUT2D eigenvalue weighted by Gasteiger charge is 2.20. The van der Waals surface area contributed by atoms with Gasteiger partial charge >= 0.3 is 0 Å². The van der Waals surface area contributed by atoms with E-state index in [1.165, 1.54) is 16.7 Å². The minimum Gasteiger partial charge on any atom is -0.457 e. The number of benzene rings is 3. The van der Waals surface area contributed by atoms with Gasteiger partial charge in [0.25, 0.3) is 0 Å². The van der Waals surface area contributed by atoms with Crippen LogP contribution in [-0.4, -0.2) is 0 Å². The molecule has 0 aromatic heterocycles. The van der Waals surface area contributed by atoms with Crippen molar-refractivity contribution in [3.63, 3.8) is 0 Å². The highest BCUT2D eigenvalue weighted by molar-refractivity contribution is 7.59. The first-order valence-electron chi connectivity index (χ1n) is 8.17. The largest absolute Gasteiger partial charge is 0.457 e.